The first-order valence-electron chi connectivity index (χ1n) is 12.9. The molecule has 1 heterocycles. The van der Waals surface area contributed by atoms with E-state index in [0.29, 0.717) is 19.1 Å². The number of para-hydroxylation sites is 1. The lowest BCUT2D eigenvalue weighted by Gasteiger charge is -2.60. The van der Waals surface area contributed by atoms with Crippen molar-refractivity contribution in [1.82, 2.24) is 10.2 Å². The third-order valence-corrected chi connectivity index (χ3v) is 7.58. The first kappa shape index (κ1) is 25.3. The Morgan fingerprint density at radius 3 is 2.46 bits per heavy atom. The van der Waals surface area contributed by atoms with Crippen molar-refractivity contribution in [2.45, 2.75) is 71.1 Å². The van der Waals surface area contributed by atoms with Crippen molar-refractivity contribution in [1.29, 1.82) is 0 Å². The Morgan fingerprint density at radius 2 is 1.81 bits per heavy atom. The molecule has 3 aliphatic rings. The molecule has 5 rings (SSSR count). The summed E-state index contributed by atoms with van der Waals surface area (Å²) in [7, 11) is 0. The Bertz CT molecular complexity index is 1170. The lowest BCUT2D eigenvalue weighted by Crippen LogP contribution is -2.69. The topological polar surface area (TPSA) is 73.9 Å². The summed E-state index contributed by atoms with van der Waals surface area (Å²) in [5, 5.41) is 5.87. The van der Waals surface area contributed by atoms with Gasteiger partial charge in [-0.1, -0.05) is 38.1 Å². The van der Waals surface area contributed by atoms with Gasteiger partial charge in [0.05, 0.1) is 5.69 Å². The van der Waals surface area contributed by atoms with Gasteiger partial charge in [0.2, 0.25) is 0 Å². The van der Waals surface area contributed by atoms with E-state index in [-0.39, 0.29) is 34.8 Å². The Kier molecular flexibility index (Phi) is 6.72. The average molecular weight is 513 g/mol. The van der Waals surface area contributed by atoms with Crippen LogP contribution in [0.4, 0.5) is 29.7 Å². The quantitative estimate of drug-likeness (QED) is 0.471. The van der Waals surface area contributed by atoms with Crippen LogP contribution in [0.25, 0.3) is 0 Å². The van der Waals surface area contributed by atoms with Crippen LogP contribution in [-0.4, -0.2) is 48.7 Å². The monoisotopic (exact) mass is 512 g/mol. The molecule has 0 atom stereocenters. The van der Waals surface area contributed by atoms with Crippen molar-refractivity contribution < 1.29 is 23.1 Å². The van der Waals surface area contributed by atoms with Crippen LogP contribution in [0, 0.1) is 12.3 Å². The number of amides is 4. The molecule has 37 heavy (non-hydrogen) atoms. The van der Waals surface area contributed by atoms with Gasteiger partial charge in [-0.25, -0.2) is 9.59 Å². The number of halogens is 2. The molecule has 0 radical (unpaired) electrons. The molecule has 2 aromatic rings. The van der Waals surface area contributed by atoms with E-state index in [9.17, 15) is 18.4 Å². The predicted octanol–water partition coefficient (Wildman–Crippen LogP) is 6.09. The molecular formula is C28H34F2N4O3. The molecule has 2 N–H and O–H groups in total. The highest BCUT2D eigenvalue weighted by Gasteiger charge is 2.56. The third kappa shape index (κ3) is 5.36. The number of anilines is 2. The summed E-state index contributed by atoms with van der Waals surface area (Å²) < 4.78 is 30.8. The van der Waals surface area contributed by atoms with Crippen molar-refractivity contribution in [2.24, 2.45) is 5.41 Å². The molecule has 9 heteroatoms. The van der Waals surface area contributed by atoms with E-state index in [1.165, 1.54) is 6.07 Å². The van der Waals surface area contributed by atoms with Crippen molar-refractivity contribution >= 4 is 23.4 Å². The highest BCUT2D eigenvalue weighted by atomic mass is 19.3. The van der Waals surface area contributed by atoms with Gasteiger partial charge < -0.3 is 20.3 Å². The zero-order valence-corrected chi connectivity index (χ0v) is 21.5. The smallest absolute Gasteiger partial charge is 0.387 e. The second-order valence-corrected chi connectivity index (χ2v) is 11.0. The first-order valence-corrected chi connectivity index (χ1v) is 12.9. The van der Waals surface area contributed by atoms with Crippen LogP contribution in [0.5, 0.6) is 5.75 Å². The number of hydrogen-bond acceptors (Lipinski definition) is 3. The van der Waals surface area contributed by atoms with Crippen LogP contribution in [0.15, 0.2) is 42.5 Å². The van der Waals surface area contributed by atoms with Gasteiger partial charge in [0.1, 0.15) is 5.75 Å². The molecule has 4 amide bonds. The van der Waals surface area contributed by atoms with Gasteiger partial charge in [-0.2, -0.15) is 8.78 Å². The Balaban J connectivity index is 1.35. The van der Waals surface area contributed by atoms with Crippen LogP contribution in [0.1, 0.15) is 56.6 Å². The maximum atomic E-state index is 13.8. The molecule has 7 nitrogen and oxygen atoms in total. The Morgan fingerprint density at radius 1 is 1.11 bits per heavy atom. The minimum Gasteiger partial charge on any atom is -0.433 e. The van der Waals surface area contributed by atoms with E-state index in [4.69, 9.17) is 4.74 Å². The third-order valence-electron chi connectivity index (χ3n) is 7.58. The molecule has 2 aromatic carbocycles. The number of nitrogens with one attached hydrogen (secondary N) is 2. The molecule has 1 spiro atoms. The number of ether oxygens (including phenoxy) is 1. The van der Waals surface area contributed by atoms with E-state index in [0.717, 1.165) is 42.5 Å². The van der Waals surface area contributed by atoms with Crippen molar-refractivity contribution in [3.05, 3.63) is 53.6 Å². The maximum Gasteiger partial charge on any atom is 0.387 e. The standard InChI is InChI=1S/C28H34F2N4O3/c1-17(2)21-6-4-5-7-23(21)34(27(36)32-22-11-8-18(3)12-24(22)37-25(29)30)20-13-28(14-20)15-33(16-28)26(35)31-19-9-10-19/h4-8,11-12,17,19-20,25H,9-10,13-16H2,1-3H3,(H,31,35)(H,32,36). The van der Waals surface area contributed by atoms with Gasteiger partial charge in [0.15, 0.2) is 0 Å². The van der Waals surface area contributed by atoms with E-state index in [1.807, 2.05) is 29.2 Å². The Hall–Kier alpha value is -3.36. The largest absolute Gasteiger partial charge is 0.433 e. The molecule has 0 unspecified atom stereocenters. The average Bonchev–Trinajstić information content (AvgIpc) is 3.59. The summed E-state index contributed by atoms with van der Waals surface area (Å²) in [6.45, 7) is 4.31. The zero-order chi connectivity index (χ0) is 26.3. The van der Waals surface area contributed by atoms with Crippen LogP contribution < -0.4 is 20.3 Å². The van der Waals surface area contributed by atoms with Gasteiger partial charge >= 0.3 is 18.7 Å². The van der Waals surface area contributed by atoms with Crippen molar-refractivity contribution in [3.63, 3.8) is 0 Å². The highest BCUT2D eigenvalue weighted by molar-refractivity contribution is 6.03. The van der Waals surface area contributed by atoms with Gasteiger partial charge in [-0.3, -0.25) is 4.90 Å². The van der Waals surface area contributed by atoms with Gasteiger partial charge in [-0.05, 0) is 67.9 Å². The zero-order valence-electron chi connectivity index (χ0n) is 21.5. The second kappa shape index (κ2) is 9.84. The van der Waals surface area contributed by atoms with Crippen LogP contribution in [-0.2, 0) is 0 Å². The van der Waals surface area contributed by atoms with Crippen molar-refractivity contribution in [3.8, 4) is 5.75 Å². The summed E-state index contributed by atoms with van der Waals surface area (Å²) in [4.78, 5) is 29.8. The number of urea groups is 2. The predicted molar refractivity (Wildman–Crippen MR) is 138 cm³/mol. The fourth-order valence-corrected chi connectivity index (χ4v) is 5.55. The fourth-order valence-electron chi connectivity index (χ4n) is 5.55. The SMILES string of the molecule is Cc1ccc(NC(=O)N(c2ccccc2C(C)C)C2CC3(C2)CN(C(=O)NC2CC2)C3)c(OC(F)F)c1. The van der Waals surface area contributed by atoms with Crippen LogP contribution >= 0.6 is 0 Å². The number of rotatable bonds is 7. The van der Waals surface area contributed by atoms with E-state index < -0.39 is 12.6 Å². The van der Waals surface area contributed by atoms with E-state index >= 15 is 0 Å². The molecule has 3 fully saturated rings. The molecule has 1 aliphatic heterocycles. The van der Waals surface area contributed by atoms with Gasteiger partial charge in [0.25, 0.3) is 0 Å². The molecular weight excluding hydrogens is 478 g/mol. The number of benzene rings is 2. The number of carbonyl (C=O) groups is 2. The Labute approximate surface area is 216 Å². The van der Waals surface area contributed by atoms with Gasteiger partial charge in [-0.15, -0.1) is 0 Å². The summed E-state index contributed by atoms with van der Waals surface area (Å²) >= 11 is 0. The fraction of sp³-hybridized carbons (Fsp3) is 0.500. The van der Waals surface area contributed by atoms with Gasteiger partial charge in [0, 0.05) is 36.3 Å². The minimum absolute atomic E-state index is 0.00209. The lowest BCUT2D eigenvalue weighted by molar-refractivity contribution is -0.0494. The van der Waals surface area contributed by atoms with Crippen LogP contribution in [0.2, 0.25) is 0 Å². The lowest BCUT2D eigenvalue weighted by atomic mass is 9.60. The number of aryl methyl sites for hydroxylation is 1. The number of alkyl halides is 2. The van der Waals surface area contributed by atoms with Crippen molar-refractivity contribution in [2.75, 3.05) is 23.3 Å². The second-order valence-electron chi connectivity index (χ2n) is 11.0. The summed E-state index contributed by atoms with van der Waals surface area (Å²) in [5.41, 5.74) is 2.80. The number of likely N-dealkylation sites (tertiary alicyclic amines) is 1. The molecule has 2 saturated carbocycles. The molecule has 0 aromatic heterocycles. The summed E-state index contributed by atoms with van der Waals surface area (Å²) in [5.74, 6) is 0.116. The van der Waals surface area contributed by atoms with E-state index in [1.54, 1.807) is 24.0 Å². The molecule has 0 bridgehead atoms. The van der Waals surface area contributed by atoms with E-state index in [2.05, 4.69) is 24.5 Å². The first-order chi connectivity index (χ1) is 17.6. The number of hydrogen-bond donors (Lipinski definition) is 2. The summed E-state index contributed by atoms with van der Waals surface area (Å²) in [6, 6.07) is 12.5. The molecule has 2 aliphatic carbocycles. The highest BCUT2D eigenvalue weighted by Crippen LogP contribution is 2.51. The maximum absolute atomic E-state index is 13.8. The number of carbonyl (C=O) groups excluding carboxylic acids is 2. The minimum atomic E-state index is -3.00. The molecule has 1 saturated heterocycles. The summed E-state index contributed by atoms with van der Waals surface area (Å²) in [6.07, 6.45) is 3.65. The normalized spacial score (nSPS) is 18.4. The molecule has 198 valence electrons. The number of nitrogens with zero attached hydrogens (tertiary/aromatic N) is 2. The van der Waals surface area contributed by atoms with Crippen LogP contribution in [0.3, 0.4) is 0 Å².